The third-order valence-corrected chi connectivity index (χ3v) is 3.95. The Kier molecular flexibility index (Phi) is 5.23. The molecule has 7 nitrogen and oxygen atoms in total. The van der Waals surface area contributed by atoms with E-state index in [9.17, 15) is 4.79 Å². The third-order valence-electron chi connectivity index (χ3n) is 3.95. The van der Waals surface area contributed by atoms with E-state index >= 15 is 0 Å². The van der Waals surface area contributed by atoms with Gasteiger partial charge in [0.1, 0.15) is 0 Å². The number of rotatable bonds is 5. The lowest BCUT2D eigenvalue weighted by Crippen LogP contribution is -2.19. The largest absolute Gasteiger partial charge is 0.457 e. The minimum Gasteiger partial charge on any atom is -0.457 e. The molecular formula is C18H21N5O2. The number of nitrogens with two attached hydrogens (primary N) is 1. The average Bonchev–Trinajstić information content (AvgIpc) is 2.62. The Balaban J connectivity index is 1.63. The first kappa shape index (κ1) is 16.9. The van der Waals surface area contributed by atoms with Crippen LogP contribution >= 0.6 is 0 Å². The van der Waals surface area contributed by atoms with Gasteiger partial charge in [0.15, 0.2) is 12.4 Å². The van der Waals surface area contributed by atoms with Crippen molar-refractivity contribution in [1.82, 2.24) is 15.0 Å². The molecule has 0 saturated carbocycles. The molecule has 0 bridgehead atoms. The summed E-state index contributed by atoms with van der Waals surface area (Å²) in [4.78, 5) is 24.4. The van der Waals surface area contributed by atoms with Gasteiger partial charge in [-0.1, -0.05) is 29.8 Å². The van der Waals surface area contributed by atoms with Gasteiger partial charge < -0.3 is 15.8 Å². The van der Waals surface area contributed by atoms with Gasteiger partial charge in [-0.3, -0.25) is 4.79 Å². The number of carbonyl (C=O) groups is 1. The number of nitrogens with one attached hydrogen (secondary N) is 1. The van der Waals surface area contributed by atoms with E-state index in [4.69, 9.17) is 10.5 Å². The number of ether oxygens (including phenoxy) is 1. The summed E-state index contributed by atoms with van der Waals surface area (Å²) in [7, 11) is 0. The first-order chi connectivity index (χ1) is 12.1. The van der Waals surface area contributed by atoms with Gasteiger partial charge in [-0.2, -0.15) is 15.0 Å². The predicted molar refractivity (Wildman–Crippen MR) is 95.0 cm³/mol. The zero-order valence-electron chi connectivity index (χ0n) is 14.1. The Morgan fingerprint density at radius 2 is 2.04 bits per heavy atom. The first-order valence-corrected chi connectivity index (χ1v) is 8.26. The van der Waals surface area contributed by atoms with Crippen molar-refractivity contribution in [3.8, 4) is 0 Å². The highest BCUT2D eigenvalue weighted by atomic mass is 16.5. The highest BCUT2D eigenvalue weighted by Crippen LogP contribution is 2.20. The second-order valence-corrected chi connectivity index (χ2v) is 6.01. The number of esters is 1. The number of hydrogen-bond acceptors (Lipinski definition) is 7. The van der Waals surface area contributed by atoms with E-state index in [2.05, 4.69) is 26.3 Å². The molecule has 130 valence electrons. The first-order valence-electron chi connectivity index (χ1n) is 8.26. The molecule has 0 spiro atoms. The summed E-state index contributed by atoms with van der Waals surface area (Å²) in [6.07, 6.45) is 6.54. The molecule has 1 aliphatic rings. The minimum absolute atomic E-state index is 0.0195. The van der Waals surface area contributed by atoms with Gasteiger partial charge >= 0.3 is 5.97 Å². The van der Waals surface area contributed by atoms with Gasteiger partial charge in [-0.25, -0.2) is 0 Å². The zero-order chi connectivity index (χ0) is 17.6. The lowest BCUT2D eigenvalue weighted by atomic mass is 9.95. The fourth-order valence-electron chi connectivity index (χ4n) is 2.59. The molecule has 0 unspecified atom stereocenters. The molecule has 1 heterocycles. The molecule has 2 aromatic rings. The van der Waals surface area contributed by atoms with E-state index in [1.807, 2.05) is 37.3 Å². The molecule has 25 heavy (non-hydrogen) atoms. The molecular weight excluding hydrogens is 318 g/mol. The number of benzene rings is 1. The molecule has 0 amide bonds. The number of nitrogens with zero attached hydrogens (tertiary/aromatic N) is 3. The van der Waals surface area contributed by atoms with E-state index in [-0.39, 0.29) is 24.4 Å². The van der Waals surface area contributed by atoms with Crippen molar-refractivity contribution in [3.63, 3.8) is 0 Å². The summed E-state index contributed by atoms with van der Waals surface area (Å²) in [6, 6.07) is 7.81. The van der Waals surface area contributed by atoms with Crippen LogP contribution in [-0.4, -0.2) is 20.9 Å². The maximum Gasteiger partial charge on any atom is 0.309 e. The van der Waals surface area contributed by atoms with Crippen LogP contribution in [0.25, 0.3) is 0 Å². The Morgan fingerprint density at radius 3 is 2.76 bits per heavy atom. The van der Waals surface area contributed by atoms with Crippen LogP contribution in [0, 0.1) is 12.8 Å². The summed E-state index contributed by atoms with van der Waals surface area (Å²) < 4.78 is 5.33. The van der Waals surface area contributed by atoms with Gasteiger partial charge in [-0.15, -0.1) is 0 Å². The number of anilines is 3. The molecule has 7 heteroatoms. The van der Waals surface area contributed by atoms with Crippen LogP contribution in [-0.2, 0) is 16.1 Å². The summed E-state index contributed by atoms with van der Waals surface area (Å²) in [5.41, 5.74) is 7.73. The maximum atomic E-state index is 12.1. The Morgan fingerprint density at radius 1 is 1.24 bits per heavy atom. The molecule has 0 radical (unpaired) electrons. The minimum atomic E-state index is -0.226. The molecule has 0 saturated heterocycles. The van der Waals surface area contributed by atoms with Crippen molar-refractivity contribution in [3.05, 3.63) is 47.8 Å². The van der Waals surface area contributed by atoms with Gasteiger partial charge in [0.25, 0.3) is 0 Å². The van der Waals surface area contributed by atoms with Crippen molar-refractivity contribution in [1.29, 1.82) is 0 Å². The average molecular weight is 339 g/mol. The van der Waals surface area contributed by atoms with Crippen molar-refractivity contribution < 1.29 is 9.53 Å². The predicted octanol–water partition coefficient (Wildman–Crippen LogP) is 2.91. The van der Waals surface area contributed by atoms with E-state index in [1.54, 1.807) is 0 Å². The zero-order valence-corrected chi connectivity index (χ0v) is 14.1. The molecule has 0 aliphatic heterocycles. The number of carbonyl (C=O) groups excluding carboxylic acids is 1. The summed E-state index contributed by atoms with van der Waals surface area (Å²) in [6.45, 7) is 1.99. The summed E-state index contributed by atoms with van der Waals surface area (Å²) >= 11 is 0. The SMILES string of the molecule is Cc1ccc(Nc2nc(N)nc(COC(=O)[C@@H]3CC=CCC3)n2)cc1. The van der Waals surface area contributed by atoms with Crippen molar-refractivity contribution in [2.45, 2.75) is 32.8 Å². The van der Waals surface area contributed by atoms with Gasteiger partial charge in [0, 0.05) is 5.69 Å². The fourth-order valence-corrected chi connectivity index (χ4v) is 2.59. The highest BCUT2D eigenvalue weighted by molar-refractivity contribution is 5.72. The van der Waals surface area contributed by atoms with Crippen LogP contribution in [0.1, 0.15) is 30.7 Å². The van der Waals surface area contributed by atoms with Crippen molar-refractivity contribution >= 4 is 23.6 Å². The second kappa shape index (κ2) is 7.74. The lowest BCUT2D eigenvalue weighted by Gasteiger charge is -2.16. The number of nitrogen functional groups attached to an aromatic ring is 1. The fraction of sp³-hybridized carbons (Fsp3) is 0.333. The van der Waals surface area contributed by atoms with Gasteiger partial charge in [0.2, 0.25) is 11.9 Å². The van der Waals surface area contributed by atoms with Crippen LogP contribution in [0.5, 0.6) is 0 Å². The van der Waals surface area contributed by atoms with Crippen LogP contribution in [0.3, 0.4) is 0 Å². The Hall–Kier alpha value is -2.96. The molecule has 1 atom stereocenters. The smallest absolute Gasteiger partial charge is 0.309 e. The molecule has 1 aromatic heterocycles. The number of aromatic nitrogens is 3. The Labute approximate surface area is 146 Å². The summed E-state index contributed by atoms with van der Waals surface area (Å²) in [5.74, 6) is 0.409. The van der Waals surface area contributed by atoms with Crippen molar-refractivity contribution in [2.24, 2.45) is 5.92 Å². The normalized spacial score (nSPS) is 16.4. The quantitative estimate of drug-likeness (QED) is 0.637. The molecule has 3 N–H and O–H groups in total. The van der Waals surface area contributed by atoms with E-state index < -0.39 is 0 Å². The van der Waals surface area contributed by atoms with Gasteiger partial charge in [0.05, 0.1) is 5.92 Å². The van der Waals surface area contributed by atoms with Crippen LogP contribution in [0.2, 0.25) is 0 Å². The van der Waals surface area contributed by atoms with Crippen LogP contribution in [0.15, 0.2) is 36.4 Å². The number of hydrogen-bond donors (Lipinski definition) is 2. The standard InChI is InChI=1S/C18H21N5O2/c1-12-7-9-14(10-8-12)20-18-22-15(21-17(19)23-18)11-25-16(24)13-5-3-2-4-6-13/h2-3,7-10,13H,4-6,11H2,1H3,(H3,19,20,21,22,23)/t13-/m1/s1. The van der Waals surface area contributed by atoms with E-state index in [0.29, 0.717) is 11.8 Å². The van der Waals surface area contributed by atoms with Gasteiger partial charge in [-0.05, 0) is 38.3 Å². The molecule has 0 fully saturated rings. The lowest BCUT2D eigenvalue weighted by molar-refractivity contribution is -0.150. The topological polar surface area (TPSA) is 103 Å². The van der Waals surface area contributed by atoms with Crippen LogP contribution in [0.4, 0.5) is 17.6 Å². The van der Waals surface area contributed by atoms with Crippen molar-refractivity contribution in [2.75, 3.05) is 11.1 Å². The molecule has 3 rings (SSSR count). The monoisotopic (exact) mass is 339 g/mol. The van der Waals surface area contributed by atoms with E-state index in [0.717, 1.165) is 30.5 Å². The summed E-state index contributed by atoms with van der Waals surface area (Å²) in [5, 5.41) is 3.07. The van der Waals surface area contributed by atoms with Crippen LogP contribution < -0.4 is 11.1 Å². The second-order valence-electron chi connectivity index (χ2n) is 6.01. The molecule has 1 aromatic carbocycles. The highest BCUT2D eigenvalue weighted by Gasteiger charge is 2.20. The maximum absolute atomic E-state index is 12.1. The third kappa shape index (κ3) is 4.76. The van der Waals surface area contributed by atoms with E-state index in [1.165, 1.54) is 0 Å². The number of aryl methyl sites for hydroxylation is 1. The number of allylic oxidation sites excluding steroid dienone is 2. The molecule has 1 aliphatic carbocycles. The Bertz CT molecular complexity index is 774.